The van der Waals surface area contributed by atoms with Crippen molar-refractivity contribution < 1.29 is 13.9 Å². The Kier molecular flexibility index (Phi) is 6.29. The molecule has 0 aliphatic carbocycles. The van der Waals surface area contributed by atoms with Crippen LogP contribution in [0.5, 0.6) is 5.75 Å². The minimum atomic E-state index is -0.450. The molecule has 0 atom stereocenters. The number of aromatic nitrogens is 1. The van der Waals surface area contributed by atoms with E-state index in [2.05, 4.69) is 26.2 Å². The van der Waals surface area contributed by atoms with Crippen LogP contribution in [0.4, 0.5) is 9.52 Å². The van der Waals surface area contributed by atoms with E-state index in [0.29, 0.717) is 16.4 Å². The van der Waals surface area contributed by atoms with Crippen molar-refractivity contribution >= 4 is 50.1 Å². The van der Waals surface area contributed by atoms with Crippen LogP contribution in [0.25, 0.3) is 11.3 Å². The van der Waals surface area contributed by atoms with Gasteiger partial charge in [0.25, 0.3) is 0 Å². The molecule has 1 aromatic heterocycles. The zero-order valence-corrected chi connectivity index (χ0v) is 16.9. The number of hydrogen-bond donors (Lipinski definition) is 1. The van der Waals surface area contributed by atoms with Crippen LogP contribution in [-0.4, -0.2) is 23.8 Å². The maximum absolute atomic E-state index is 13.8. The third kappa shape index (κ3) is 4.84. The molecule has 0 unspecified atom stereocenters. The quantitative estimate of drug-likeness (QED) is 0.505. The highest BCUT2D eigenvalue weighted by Crippen LogP contribution is 2.28. The molecule has 8 heteroatoms. The molecule has 134 valence electrons. The Hall–Kier alpha value is -1.90. The van der Waals surface area contributed by atoms with E-state index in [0.717, 1.165) is 9.37 Å². The van der Waals surface area contributed by atoms with Gasteiger partial charge >= 0.3 is 0 Å². The van der Waals surface area contributed by atoms with Crippen molar-refractivity contribution in [2.75, 3.05) is 18.2 Å². The van der Waals surface area contributed by atoms with Gasteiger partial charge in [0, 0.05) is 20.3 Å². The Morgan fingerprint density at radius 2 is 2.08 bits per heavy atom. The molecule has 0 saturated heterocycles. The van der Waals surface area contributed by atoms with Crippen LogP contribution in [0.2, 0.25) is 0 Å². The predicted octanol–water partition coefficient (Wildman–Crippen LogP) is 5.45. The average Bonchev–Trinajstić information content (AvgIpc) is 3.09. The molecule has 0 fully saturated rings. The van der Waals surface area contributed by atoms with E-state index in [1.54, 1.807) is 17.5 Å². The first kappa shape index (κ1) is 18.9. The maximum Gasteiger partial charge on any atom is 0.236 e. The van der Waals surface area contributed by atoms with Crippen molar-refractivity contribution in [1.82, 2.24) is 4.98 Å². The highest BCUT2D eigenvalue weighted by atomic mass is 79.9. The lowest BCUT2D eigenvalue weighted by molar-refractivity contribution is -0.113. The van der Waals surface area contributed by atoms with Crippen molar-refractivity contribution in [3.63, 3.8) is 0 Å². The molecular formula is C18H14BrFN2O2S2. The number of hydrogen-bond acceptors (Lipinski definition) is 5. The van der Waals surface area contributed by atoms with Crippen molar-refractivity contribution in [2.45, 2.75) is 4.90 Å². The highest BCUT2D eigenvalue weighted by molar-refractivity contribution is 9.10. The molecule has 0 radical (unpaired) electrons. The lowest BCUT2D eigenvalue weighted by Gasteiger charge is -2.03. The summed E-state index contributed by atoms with van der Waals surface area (Å²) in [7, 11) is 1.42. The molecule has 3 rings (SSSR count). The highest BCUT2D eigenvalue weighted by Gasteiger charge is 2.11. The van der Waals surface area contributed by atoms with Crippen molar-refractivity contribution in [3.8, 4) is 17.0 Å². The molecule has 26 heavy (non-hydrogen) atoms. The lowest BCUT2D eigenvalue weighted by Crippen LogP contribution is -2.13. The van der Waals surface area contributed by atoms with E-state index >= 15 is 0 Å². The van der Waals surface area contributed by atoms with E-state index in [1.165, 1.54) is 36.3 Å². The third-order valence-corrected chi connectivity index (χ3v) is 5.68. The van der Waals surface area contributed by atoms with Gasteiger partial charge in [0.15, 0.2) is 16.7 Å². The topological polar surface area (TPSA) is 51.2 Å². The number of thioether (sulfide) groups is 1. The second-order valence-corrected chi connectivity index (χ2v) is 8.00. The zero-order chi connectivity index (χ0) is 18.5. The first-order valence-corrected chi connectivity index (χ1v) is 10.2. The molecule has 3 aromatic rings. The third-order valence-electron chi connectivity index (χ3n) is 3.38. The van der Waals surface area contributed by atoms with Crippen molar-refractivity contribution in [3.05, 3.63) is 58.1 Å². The van der Waals surface area contributed by atoms with Gasteiger partial charge < -0.3 is 10.1 Å². The molecule has 1 amide bonds. The van der Waals surface area contributed by atoms with Gasteiger partial charge in [-0.3, -0.25) is 4.79 Å². The van der Waals surface area contributed by atoms with Gasteiger partial charge in [-0.05, 0) is 42.5 Å². The number of carbonyl (C=O) groups is 1. The SMILES string of the molecule is COc1ccc(-c2csc(NC(=O)CSc3ccc(Br)cc3)n2)cc1F. The second-order valence-electron chi connectivity index (χ2n) is 5.18. The number of anilines is 1. The summed E-state index contributed by atoms with van der Waals surface area (Å²) in [6, 6.07) is 12.4. The van der Waals surface area contributed by atoms with Crippen LogP contribution in [0.3, 0.4) is 0 Å². The largest absolute Gasteiger partial charge is 0.494 e. The van der Waals surface area contributed by atoms with Crippen LogP contribution in [-0.2, 0) is 4.79 Å². The summed E-state index contributed by atoms with van der Waals surface area (Å²) in [5.74, 6) is -0.120. The van der Waals surface area contributed by atoms with Gasteiger partial charge in [0.2, 0.25) is 5.91 Å². The Balaban J connectivity index is 1.60. The standard InChI is InChI=1S/C18H14BrFN2O2S2/c1-24-16-7-2-11(8-14(16)20)15-9-26-18(21-15)22-17(23)10-25-13-5-3-12(19)4-6-13/h2-9H,10H2,1H3,(H,21,22,23). The molecule has 1 N–H and O–H groups in total. The molecule has 4 nitrogen and oxygen atoms in total. The number of methoxy groups -OCH3 is 1. The molecule has 0 aliphatic rings. The first-order valence-electron chi connectivity index (χ1n) is 7.53. The number of ether oxygens (including phenoxy) is 1. The number of rotatable bonds is 6. The van der Waals surface area contributed by atoms with Gasteiger partial charge in [0.05, 0.1) is 18.6 Å². The van der Waals surface area contributed by atoms with Crippen LogP contribution in [0.1, 0.15) is 0 Å². The Bertz CT molecular complexity index is 916. The van der Waals surface area contributed by atoms with Crippen molar-refractivity contribution in [1.29, 1.82) is 0 Å². The molecular weight excluding hydrogens is 439 g/mol. The van der Waals surface area contributed by atoms with E-state index in [-0.39, 0.29) is 17.4 Å². The van der Waals surface area contributed by atoms with E-state index in [1.807, 2.05) is 24.3 Å². The normalized spacial score (nSPS) is 10.6. The van der Waals surface area contributed by atoms with Gasteiger partial charge in [-0.25, -0.2) is 9.37 Å². The summed E-state index contributed by atoms with van der Waals surface area (Å²) in [5.41, 5.74) is 1.23. The fourth-order valence-corrected chi connectivity index (χ4v) is 3.82. The molecule has 0 bridgehead atoms. The van der Waals surface area contributed by atoms with Gasteiger partial charge in [-0.2, -0.15) is 0 Å². The maximum atomic E-state index is 13.8. The average molecular weight is 453 g/mol. The van der Waals surface area contributed by atoms with Crippen LogP contribution in [0, 0.1) is 5.82 Å². The molecule has 0 spiro atoms. The second kappa shape index (κ2) is 8.66. The summed E-state index contributed by atoms with van der Waals surface area (Å²) in [5, 5.41) is 5.03. The van der Waals surface area contributed by atoms with Crippen LogP contribution < -0.4 is 10.1 Å². The number of halogens is 2. The van der Waals surface area contributed by atoms with E-state index < -0.39 is 5.82 Å². The number of benzene rings is 2. The van der Waals surface area contributed by atoms with Gasteiger partial charge in [-0.15, -0.1) is 23.1 Å². The van der Waals surface area contributed by atoms with Crippen LogP contribution in [0.15, 0.2) is 57.2 Å². The number of nitrogens with one attached hydrogen (secondary N) is 1. The molecule has 0 saturated carbocycles. The van der Waals surface area contributed by atoms with E-state index in [4.69, 9.17) is 4.74 Å². The zero-order valence-electron chi connectivity index (χ0n) is 13.7. The Labute approximate surface area is 166 Å². The fourth-order valence-electron chi connectivity index (χ4n) is 2.12. The number of thiazole rings is 1. The Morgan fingerprint density at radius 3 is 2.77 bits per heavy atom. The Morgan fingerprint density at radius 1 is 1.31 bits per heavy atom. The van der Waals surface area contributed by atoms with Gasteiger partial charge in [-0.1, -0.05) is 15.9 Å². The summed E-state index contributed by atoms with van der Waals surface area (Å²) in [6.07, 6.45) is 0. The summed E-state index contributed by atoms with van der Waals surface area (Å²) < 4.78 is 19.7. The number of amides is 1. The first-order chi connectivity index (χ1) is 12.5. The summed E-state index contributed by atoms with van der Waals surface area (Å²) in [6.45, 7) is 0. The lowest BCUT2D eigenvalue weighted by atomic mass is 10.1. The fraction of sp³-hybridized carbons (Fsp3) is 0.111. The van der Waals surface area contributed by atoms with Crippen LogP contribution >= 0.6 is 39.0 Å². The monoisotopic (exact) mass is 452 g/mol. The van der Waals surface area contributed by atoms with Gasteiger partial charge in [0.1, 0.15) is 0 Å². The number of nitrogens with zero attached hydrogens (tertiary/aromatic N) is 1. The summed E-state index contributed by atoms with van der Waals surface area (Å²) in [4.78, 5) is 17.4. The molecule has 0 aliphatic heterocycles. The number of carbonyl (C=O) groups excluding carboxylic acids is 1. The predicted molar refractivity (Wildman–Crippen MR) is 108 cm³/mol. The minimum Gasteiger partial charge on any atom is -0.494 e. The van der Waals surface area contributed by atoms with E-state index in [9.17, 15) is 9.18 Å². The smallest absolute Gasteiger partial charge is 0.236 e. The molecule has 1 heterocycles. The van der Waals surface area contributed by atoms with Crippen molar-refractivity contribution in [2.24, 2.45) is 0 Å². The minimum absolute atomic E-state index is 0.139. The summed E-state index contributed by atoms with van der Waals surface area (Å²) >= 11 is 6.12. The molecule has 2 aromatic carbocycles.